The van der Waals surface area contributed by atoms with Gasteiger partial charge in [-0.3, -0.25) is 4.79 Å². The Bertz CT molecular complexity index is 363. The van der Waals surface area contributed by atoms with Gasteiger partial charge in [0.2, 0.25) is 0 Å². The van der Waals surface area contributed by atoms with E-state index in [2.05, 4.69) is 0 Å². The molecule has 0 N–H and O–H groups in total. The number of hydrogen-bond donors (Lipinski definition) is 0. The number of carbonyl (C=O) groups excluding carboxylic acids is 1. The van der Waals surface area contributed by atoms with E-state index in [0.29, 0.717) is 5.75 Å². The zero-order valence-electron chi connectivity index (χ0n) is 9.46. The van der Waals surface area contributed by atoms with Crippen molar-refractivity contribution in [3.63, 3.8) is 0 Å². The standard InChI is InChI=1S/C12H15ClO3/c1-3-9-6-11(4-5-12(9)13)16-8-10(14)7-15-2/h4-6H,3,7-8H2,1-2H3. The van der Waals surface area contributed by atoms with Gasteiger partial charge >= 0.3 is 0 Å². The summed E-state index contributed by atoms with van der Waals surface area (Å²) >= 11 is 5.97. The molecule has 4 heteroatoms. The maximum atomic E-state index is 11.2. The molecule has 0 atom stereocenters. The fraction of sp³-hybridized carbons (Fsp3) is 0.417. The molecule has 0 radical (unpaired) electrons. The normalized spacial score (nSPS) is 10.2. The molecule has 88 valence electrons. The van der Waals surface area contributed by atoms with Crippen molar-refractivity contribution in [1.82, 2.24) is 0 Å². The molecule has 0 aliphatic rings. The smallest absolute Gasteiger partial charge is 0.195 e. The minimum atomic E-state index is -0.0875. The second-order valence-electron chi connectivity index (χ2n) is 3.37. The summed E-state index contributed by atoms with van der Waals surface area (Å²) in [4.78, 5) is 11.2. The lowest BCUT2D eigenvalue weighted by atomic mass is 10.1. The van der Waals surface area contributed by atoms with Crippen LogP contribution in [0.15, 0.2) is 18.2 Å². The van der Waals surface area contributed by atoms with Crippen LogP contribution in [0.5, 0.6) is 5.75 Å². The first-order chi connectivity index (χ1) is 7.67. The zero-order chi connectivity index (χ0) is 12.0. The number of halogens is 1. The Morgan fingerprint density at radius 1 is 1.38 bits per heavy atom. The van der Waals surface area contributed by atoms with E-state index >= 15 is 0 Å². The predicted octanol–water partition coefficient (Wildman–Crippen LogP) is 2.50. The number of benzene rings is 1. The molecule has 0 spiro atoms. The van der Waals surface area contributed by atoms with Crippen LogP contribution in [0.3, 0.4) is 0 Å². The van der Waals surface area contributed by atoms with Crippen molar-refractivity contribution in [2.24, 2.45) is 0 Å². The van der Waals surface area contributed by atoms with Gasteiger partial charge in [0.05, 0.1) is 0 Å². The van der Waals surface area contributed by atoms with Crippen LogP contribution >= 0.6 is 11.6 Å². The summed E-state index contributed by atoms with van der Waals surface area (Å²) < 4.78 is 10.0. The number of ether oxygens (including phenoxy) is 2. The van der Waals surface area contributed by atoms with E-state index in [1.54, 1.807) is 12.1 Å². The molecule has 0 bridgehead atoms. The fourth-order valence-electron chi connectivity index (χ4n) is 1.28. The predicted molar refractivity (Wildman–Crippen MR) is 63.2 cm³/mol. The molecule has 0 unspecified atom stereocenters. The molecule has 1 rings (SSSR count). The average molecular weight is 243 g/mol. The van der Waals surface area contributed by atoms with Crippen LogP contribution in [0.4, 0.5) is 0 Å². The Morgan fingerprint density at radius 3 is 2.75 bits per heavy atom. The van der Waals surface area contributed by atoms with E-state index in [1.165, 1.54) is 7.11 Å². The highest BCUT2D eigenvalue weighted by Gasteiger charge is 2.04. The van der Waals surface area contributed by atoms with Gasteiger partial charge in [-0.05, 0) is 30.2 Å². The van der Waals surface area contributed by atoms with Crippen LogP contribution in [0, 0.1) is 0 Å². The van der Waals surface area contributed by atoms with Gasteiger partial charge in [0, 0.05) is 12.1 Å². The molecule has 0 saturated heterocycles. The molecule has 0 heterocycles. The van der Waals surface area contributed by atoms with E-state index in [-0.39, 0.29) is 19.0 Å². The maximum Gasteiger partial charge on any atom is 0.195 e. The van der Waals surface area contributed by atoms with Crippen LogP contribution in [-0.4, -0.2) is 26.1 Å². The first kappa shape index (κ1) is 13.0. The summed E-state index contributed by atoms with van der Waals surface area (Å²) in [7, 11) is 1.48. The summed E-state index contributed by atoms with van der Waals surface area (Å²) in [6.07, 6.45) is 0.835. The third-order valence-electron chi connectivity index (χ3n) is 2.10. The number of hydrogen-bond acceptors (Lipinski definition) is 3. The zero-order valence-corrected chi connectivity index (χ0v) is 10.2. The van der Waals surface area contributed by atoms with E-state index < -0.39 is 0 Å². The Balaban J connectivity index is 2.57. The van der Waals surface area contributed by atoms with Crippen LogP contribution in [0.25, 0.3) is 0 Å². The van der Waals surface area contributed by atoms with E-state index in [4.69, 9.17) is 21.1 Å². The van der Waals surface area contributed by atoms with Gasteiger partial charge in [-0.15, -0.1) is 0 Å². The van der Waals surface area contributed by atoms with E-state index in [0.717, 1.165) is 17.0 Å². The number of methoxy groups -OCH3 is 1. The fourth-order valence-corrected chi connectivity index (χ4v) is 1.53. The summed E-state index contributed by atoms with van der Waals surface area (Å²) in [6.45, 7) is 2.12. The summed E-state index contributed by atoms with van der Waals surface area (Å²) in [5, 5.41) is 0.720. The van der Waals surface area contributed by atoms with Gasteiger partial charge in [0.1, 0.15) is 19.0 Å². The SMILES string of the molecule is CCc1cc(OCC(=O)COC)ccc1Cl. The lowest BCUT2D eigenvalue weighted by Crippen LogP contribution is -2.16. The van der Waals surface area contributed by atoms with Crippen molar-refractivity contribution >= 4 is 17.4 Å². The Labute approximate surface area is 100 Å². The molecule has 0 aliphatic heterocycles. The lowest BCUT2D eigenvalue weighted by Gasteiger charge is -2.07. The molecular formula is C12H15ClO3. The highest BCUT2D eigenvalue weighted by molar-refractivity contribution is 6.31. The van der Waals surface area contributed by atoms with Crippen molar-refractivity contribution in [3.8, 4) is 5.75 Å². The van der Waals surface area contributed by atoms with Crippen molar-refractivity contribution in [1.29, 1.82) is 0 Å². The number of aryl methyl sites for hydroxylation is 1. The van der Waals surface area contributed by atoms with Crippen molar-refractivity contribution in [2.75, 3.05) is 20.3 Å². The Kier molecular flexibility index (Phi) is 5.29. The lowest BCUT2D eigenvalue weighted by molar-refractivity contribution is -0.124. The highest BCUT2D eigenvalue weighted by Crippen LogP contribution is 2.22. The monoisotopic (exact) mass is 242 g/mol. The molecule has 1 aromatic carbocycles. The quantitative estimate of drug-likeness (QED) is 0.769. The Morgan fingerprint density at radius 2 is 2.12 bits per heavy atom. The van der Waals surface area contributed by atoms with Gasteiger partial charge in [0.15, 0.2) is 5.78 Å². The molecule has 0 saturated carbocycles. The van der Waals surface area contributed by atoms with Crippen LogP contribution in [0.2, 0.25) is 5.02 Å². The first-order valence-corrected chi connectivity index (χ1v) is 5.47. The second kappa shape index (κ2) is 6.51. The second-order valence-corrected chi connectivity index (χ2v) is 3.77. The maximum absolute atomic E-state index is 11.2. The average Bonchev–Trinajstić information content (AvgIpc) is 2.28. The minimum absolute atomic E-state index is 0.0264. The third kappa shape index (κ3) is 3.83. The number of carbonyl (C=O) groups is 1. The number of rotatable bonds is 6. The Hall–Kier alpha value is -1.06. The van der Waals surface area contributed by atoms with E-state index in [1.807, 2.05) is 13.0 Å². The minimum Gasteiger partial charge on any atom is -0.486 e. The summed E-state index contributed by atoms with van der Waals surface area (Å²) in [6, 6.07) is 5.38. The van der Waals surface area contributed by atoms with Gasteiger partial charge in [-0.25, -0.2) is 0 Å². The summed E-state index contributed by atoms with van der Waals surface area (Å²) in [5.74, 6) is 0.571. The van der Waals surface area contributed by atoms with Crippen LogP contribution in [-0.2, 0) is 16.0 Å². The van der Waals surface area contributed by atoms with Crippen molar-refractivity contribution < 1.29 is 14.3 Å². The van der Waals surface area contributed by atoms with Gasteiger partial charge in [-0.2, -0.15) is 0 Å². The molecule has 1 aromatic rings. The molecule has 3 nitrogen and oxygen atoms in total. The highest BCUT2D eigenvalue weighted by atomic mass is 35.5. The summed E-state index contributed by atoms with van der Waals surface area (Å²) in [5.41, 5.74) is 1.01. The first-order valence-electron chi connectivity index (χ1n) is 5.09. The van der Waals surface area contributed by atoms with E-state index in [9.17, 15) is 4.79 Å². The van der Waals surface area contributed by atoms with Crippen LogP contribution < -0.4 is 4.74 Å². The topological polar surface area (TPSA) is 35.5 Å². The van der Waals surface area contributed by atoms with Gasteiger partial charge < -0.3 is 9.47 Å². The molecule has 0 aliphatic carbocycles. The number of Topliss-reactive ketones (excluding diaryl/α,β-unsaturated/α-hetero) is 1. The van der Waals surface area contributed by atoms with Gasteiger partial charge in [-0.1, -0.05) is 18.5 Å². The third-order valence-corrected chi connectivity index (χ3v) is 2.47. The molecule has 16 heavy (non-hydrogen) atoms. The largest absolute Gasteiger partial charge is 0.486 e. The van der Waals surface area contributed by atoms with Crippen molar-refractivity contribution in [2.45, 2.75) is 13.3 Å². The molecule has 0 fully saturated rings. The van der Waals surface area contributed by atoms with Gasteiger partial charge in [0.25, 0.3) is 0 Å². The van der Waals surface area contributed by atoms with Crippen molar-refractivity contribution in [3.05, 3.63) is 28.8 Å². The molecule has 0 aromatic heterocycles. The number of ketones is 1. The molecular weight excluding hydrogens is 228 g/mol. The van der Waals surface area contributed by atoms with Crippen LogP contribution in [0.1, 0.15) is 12.5 Å². The molecule has 0 amide bonds.